The molecule has 6 heteroatoms. The summed E-state index contributed by atoms with van der Waals surface area (Å²) in [5, 5.41) is 0. The van der Waals surface area contributed by atoms with E-state index in [1.165, 1.54) is 0 Å². The van der Waals surface area contributed by atoms with Crippen molar-refractivity contribution in [2.45, 2.75) is 44.2 Å². The highest BCUT2D eigenvalue weighted by Gasteiger charge is 2.40. The molecule has 3 heterocycles. The summed E-state index contributed by atoms with van der Waals surface area (Å²) in [4.78, 5) is 26.3. The molecule has 2 unspecified atom stereocenters. The summed E-state index contributed by atoms with van der Waals surface area (Å²) in [6.07, 6.45) is 5.16. The zero-order valence-corrected chi connectivity index (χ0v) is 13.9. The second-order valence-corrected chi connectivity index (χ2v) is 7.02. The molecule has 0 aromatic carbocycles. The number of nitrogens with zero attached hydrogens (tertiary/aromatic N) is 4. The predicted octanol–water partition coefficient (Wildman–Crippen LogP) is 1.21. The van der Waals surface area contributed by atoms with E-state index in [-0.39, 0.29) is 18.1 Å². The van der Waals surface area contributed by atoms with Crippen LogP contribution in [0.4, 0.5) is 0 Å². The molecule has 1 saturated carbocycles. The number of likely N-dealkylation sites (tertiary alicyclic amines) is 1. The molecular weight excluding hydrogens is 292 g/mol. The van der Waals surface area contributed by atoms with Crippen LogP contribution in [0, 0.1) is 6.92 Å². The van der Waals surface area contributed by atoms with Gasteiger partial charge in [0.05, 0.1) is 30.0 Å². The second-order valence-electron chi connectivity index (χ2n) is 7.02. The van der Waals surface area contributed by atoms with Crippen LogP contribution in [-0.4, -0.2) is 71.1 Å². The molecule has 0 radical (unpaired) electrons. The Balaban J connectivity index is 1.63. The van der Waals surface area contributed by atoms with Crippen molar-refractivity contribution < 1.29 is 9.53 Å². The maximum Gasteiger partial charge on any atom is 0.257 e. The molecule has 2 saturated heterocycles. The molecule has 0 spiro atoms. The van der Waals surface area contributed by atoms with E-state index in [0.717, 1.165) is 43.9 Å². The van der Waals surface area contributed by atoms with E-state index in [1.807, 2.05) is 11.8 Å². The van der Waals surface area contributed by atoms with E-state index < -0.39 is 0 Å². The number of piperidine rings is 1. The van der Waals surface area contributed by atoms with Crippen molar-refractivity contribution in [3.8, 4) is 0 Å². The minimum absolute atomic E-state index is 0.0838. The van der Waals surface area contributed by atoms with Crippen molar-refractivity contribution in [3.05, 3.63) is 23.3 Å². The minimum atomic E-state index is 0.0838. The molecule has 3 aliphatic rings. The number of carbonyl (C=O) groups is 1. The third kappa shape index (κ3) is 2.85. The maximum atomic E-state index is 13.2. The van der Waals surface area contributed by atoms with Gasteiger partial charge in [0.25, 0.3) is 5.91 Å². The van der Waals surface area contributed by atoms with Gasteiger partial charge in [0, 0.05) is 31.7 Å². The maximum absolute atomic E-state index is 13.2. The van der Waals surface area contributed by atoms with Crippen LogP contribution in [0.25, 0.3) is 0 Å². The third-order valence-electron chi connectivity index (χ3n) is 5.18. The van der Waals surface area contributed by atoms with Gasteiger partial charge in [0.2, 0.25) is 0 Å². The quantitative estimate of drug-likeness (QED) is 0.821. The van der Waals surface area contributed by atoms with Crippen LogP contribution in [-0.2, 0) is 4.74 Å². The first-order valence-electron chi connectivity index (χ1n) is 8.58. The molecule has 124 valence electrons. The Morgan fingerprint density at radius 3 is 2.91 bits per heavy atom. The molecule has 6 nitrogen and oxygen atoms in total. The molecule has 0 bridgehead atoms. The molecule has 2 atom stereocenters. The van der Waals surface area contributed by atoms with E-state index in [4.69, 9.17) is 4.74 Å². The Bertz CT molecular complexity index is 617. The summed E-state index contributed by atoms with van der Waals surface area (Å²) < 4.78 is 5.90. The van der Waals surface area contributed by atoms with E-state index in [0.29, 0.717) is 24.6 Å². The van der Waals surface area contributed by atoms with Crippen LogP contribution in [0.15, 0.2) is 6.20 Å². The van der Waals surface area contributed by atoms with Crippen molar-refractivity contribution in [1.29, 1.82) is 0 Å². The van der Waals surface area contributed by atoms with Crippen LogP contribution < -0.4 is 0 Å². The van der Waals surface area contributed by atoms with Gasteiger partial charge in [-0.25, -0.2) is 9.97 Å². The van der Waals surface area contributed by atoms with Gasteiger partial charge in [-0.05, 0) is 33.2 Å². The Kier molecular flexibility index (Phi) is 3.81. The number of fused-ring (bicyclic) bond motifs is 1. The van der Waals surface area contributed by atoms with Gasteiger partial charge in [0.15, 0.2) is 0 Å². The summed E-state index contributed by atoms with van der Waals surface area (Å²) in [5.41, 5.74) is 1.65. The van der Waals surface area contributed by atoms with Crippen molar-refractivity contribution in [2.75, 3.05) is 33.3 Å². The fourth-order valence-corrected chi connectivity index (χ4v) is 3.76. The number of hydrogen-bond acceptors (Lipinski definition) is 5. The lowest BCUT2D eigenvalue weighted by molar-refractivity contribution is -0.0870. The van der Waals surface area contributed by atoms with Crippen molar-refractivity contribution in [2.24, 2.45) is 0 Å². The highest BCUT2D eigenvalue weighted by Crippen LogP contribution is 2.41. The highest BCUT2D eigenvalue weighted by atomic mass is 16.5. The Hall–Kier alpha value is -1.53. The SMILES string of the molecule is Cc1ncc(C(=O)N2CCOC3CCN(C)CC32)c(C2CC2)n1. The topological polar surface area (TPSA) is 58.6 Å². The number of morpholine rings is 1. The number of likely N-dealkylation sites (N-methyl/N-ethyl adjacent to an activating group) is 1. The monoisotopic (exact) mass is 316 g/mol. The molecule has 2 aliphatic heterocycles. The highest BCUT2D eigenvalue weighted by molar-refractivity contribution is 5.95. The molecule has 1 aliphatic carbocycles. The van der Waals surface area contributed by atoms with Crippen LogP contribution >= 0.6 is 0 Å². The average Bonchev–Trinajstić information content (AvgIpc) is 3.38. The van der Waals surface area contributed by atoms with E-state index >= 15 is 0 Å². The molecule has 1 aromatic heterocycles. The van der Waals surface area contributed by atoms with Gasteiger partial charge in [-0.3, -0.25) is 4.79 Å². The van der Waals surface area contributed by atoms with Gasteiger partial charge in [-0.15, -0.1) is 0 Å². The van der Waals surface area contributed by atoms with Crippen LogP contribution in [0.3, 0.4) is 0 Å². The largest absolute Gasteiger partial charge is 0.374 e. The van der Waals surface area contributed by atoms with Gasteiger partial charge in [0.1, 0.15) is 5.82 Å². The van der Waals surface area contributed by atoms with Gasteiger partial charge in [-0.2, -0.15) is 0 Å². The lowest BCUT2D eigenvalue weighted by Crippen LogP contribution is -2.60. The molecule has 23 heavy (non-hydrogen) atoms. The Morgan fingerprint density at radius 1 is 1.30 bits per heavy atom. The van der Waals surface area contributed by atoms with Crippen molar-refractivity contribution in [3.63, 3.8) is 0 Å². The van der Waals surface area contributed by atoms with Gasteiger partial charge < -0.3 is 14.5 Å². The summed E-state index contributed by atoms with van der Waals surface area (Å²) in [7, 11) is 2.11. The predicted molar refractivity (Wildman–Crippen MR) is 85.4 cm³/mol. The van der Waals surface area contributed by atoms with Crippen molar-refractivity contribution in [1.82, 2.24) is 19.8 Å². The molecule has 4 rings (SSSR count). The summed E-state index contributed by atoms with van der Waals surface area (Å²) in [5.74, 6) is 1.28. The van der Waals surface area contributed by atoms with Crippen LogP contribution in [0.2, 0.25) is 0 Å². The first-order chi connectivity index (χ1) is 11.1. The molecule has 1 aromatic rings. The number of ether oxygens (including phenoxy) is 1. The number of carbonyl (C=O) groups excluding carboxylic acids is 1. The first kappa shape index (κ1) is 15.0. The Labute approximate surface area is 136 Å². The normalized spacial score (nSPS) is 28.5. The number of aromatic nitrogens is 2. The standard InChI is InChI=1S/C17H24N4O2/c1-11-18-9-13(16(19-11)12-3-4-12)17(22)21-7-8-23-15-5-6-20(2)10-14(15)21/h9,12,14-15H,3-8,10H2,1-2H3. The Morgan fingerprint density at radius 2 is 2.13 bits per heavy atom. The fraction of sp³-hybridized carbons (Fsp3) is 0.706. The summed E-state index contributed by atoms with van der Waals surface area (Å²) in [6.45, 7) is 5.08. The third-order valence-corrected chi connectivity index (χ3v) is 5.18. The smallest absolute Gasteiger partial charge is 0.257 e. The van der Waals surface area contributed by atoms with Crippen molar-refractivity contribution >= 4 is 5.91 Å². The van der Waals surface area contributed by atoms with Crippen LogP contribution in [0.5, 0.6) is 0 Å². The van der Waals surface area contributed by atoms with E-state index in [9.17, 15) is 4.79 Å². The first-order valence-corrected chi connectivity index (χ1v) is 8.58. The molecular formula is C17H24N4O2. The minimum Gasteiger partial charge on any atom is -0.374 e. The zero-order chi connectivity index (χ0) is 16.0. The fourth-order valence-electron chi connectivity index (χ4n) is 3.76. The van der Waals surface area contributed by atoms with E-state index in [1.54, 1.807) is 6.20 Å². The number of amides is 1. The second kappa shape index (κ2) is 5.83. The van der Waals surface area contributed by atoms with Gasteiger partial charge >= 0.3 is 0 Å². The number of rotatable bonds is 2. The summed E-state index contributed by atoms with van der Waals surface area (Å²) in [6, 6.07) is 0.142. The van der Waals surface area contributed by atoms with E-state index in [2.05, 4.69) is 21.9 Å². The number of hydrogen-bond donors (Lipinski definition) is 0. The van der Waals surface area contributed by atoms with Crippen LogP contribution in [0.1, 0.15) is 47.1 Å². The lowest BCUT2D eigenvalue weighted by Gasteiger charge is -2.46. The molecule has 3 fully saturated rings. The number of aryl methyl sites for hydroxylation is 1. The zero-order valence-electron chi connectivity index (χ0n) is 13.9. The van der Waals surface area contributed by atoms with Gasteiger partial charge in [-0.1, -0.05) is 0 Å². The summed E-state index contributed by atoms with van der Waals surface area (Å²) >= 11 is 0. The molecule has 0 N–H and O–H groups in total. The lowest BCUT2D eigenvalue weighted by atomic mass is 9.98. The average molecular weight is 316 g/mol. The molecule has 1 amide bonds.